The molecular formula is C14H28N2O4. The average molecular weight is 288 g/mol. The third-order valence-corrected chi connectivity index (χ3v) is 3.24. The lowest BCUT2D eigenvalue weighted by Crippen LogP contribution is -2.56. The predicted octanol–water partition coefficient (Wildman–Crippen LogP) is 2.13. The SMILES string of the molecule is CCC(CC)(CNC(C)C(=O)O)NC(=O)OC(C)(C)C. The topological polar surface area (TPSA) is 87.7 Å². The van der Waals surface area contributed by atoms with Crippen LogP contribution in [-0.4, -0.2) is 40.9 Å². The number of carbonyl (C=O) groups is 2. The molecule has 1 amide bonds. The second kappa shape index (κ2) is 7.47. The molecule has 20 heavy (non-hydrogen) atoms. The van der Waals surface area contributed by atoms with Crippen molar-refractivity contribution in [3.63, 3.8) is 0 Å². The maximum absolute atomic E-state index is 11.9. The molecule has 0 saturated heterocycles. The lowest BCUT2D eigenvalue weighted by molar-refractivity contribution is -0.139. The van der Waals surface area contributed by atoms with Crippen molar-refractivity contribution in [3.8, 4) is 0 Å². The number of amides is 1. The molecule has 3 N–H and O–H groups in total. The molecule has 0 rings (SSSR count). The number of alkyl carbamates (subject to hydrolysis) is 1. The van der Waals surface area contributed by atoms with Gasteiger partial charge in [-0.15, -0.1) is 0 Å². The van der Waals surface area contributed by atoms with Crippen molar-refractivity contribution in [3.05, 3.63) is 0 Å². The zero-order chi connectivity index (χ0) is 16.0. The van der Waals surface area contributed by atoms with E-state index in [0.717, 1.165) is 0 Å². The zero-order valence-electron chi connectivity index (χ0n) is 13.4. The lowest BCUT2D eigenvalue weighted by Gasteiger charge is -2.34. The van der Waals surface area contributed by atoms with E-state index in [0.29, 0.717) is 19.4 Å². The normalized spacial score (nSPS) is 13.7. The second-order valence-corrected chi connectivity index (χ2v) is 6.06. The first kappa shape index (κ1) is 18.7. The Kier molecular flexibility index (Phi) is 6.99. The molecule has 1 unspecified atom stereocenters. The fourth-order valence-corrected chi connectivity index (χ4v) is 1.68. The molecule has 0 fully saturated rings. The maximum atomic E-state index is 11.9. The summed E-state index contributed by atoms with van der Waals surface area (Å²) in [6.07, 6.45) is 0.885. The van der Waals surface area contributed by atoms with Gasteiger partial charge in [-0.2, -0.15) is 0 Å². The van der Waals surface area contributed by atoms with Gasteiger partial charge in [0.15, 0.2) is 0 Å². The number of nitrogens with one attached hydrogen (secondary N) is 2. The molecule has 0 aliphatic rings. The standard InChI is InChI=1S/C14H28N2O4/c1-7-14(8-2,9-15-10(3)11(17)18)16-12(19)20-13(4,5)6/h10,15H,7-9H2,1-6H3,(H,16,19)(H,17,18). The van der Waals surface area contributed by atoms with Gasteiger partial charge in [0.05, 0.1) is 5.54 Å². The molecule has 1 atom stereocenters. The lowest BCUT2D eigenvalue weighted by atomic mass is 9.92. The number of hydrogen-bond acceptors (Lipinski definition) is 4. The Hall–Kier alpha value is -1.30. The van der Waals surface area contributed by atoms with Gasteiger partial charge in [0.2, 0.25) is 0 Å². The Bertz CT molecular complexity index is 333. The van der Waals surface area contributed by atoms with Gasteiger partial charge >= 0.3 is 12.1 Å². The van der Waals surface area contributed by atoms with Crippen molar-refractivity contribution >= 4 is 12.1 Å². The molecular weight excluding hydrogens is 260 g/mol. The van der Waals surface area contributed by atoms with E-state index in [1.54, 1.807) is 27.7 Å². The van der Waals surface area contributed by atoms with E-state index in [-0.39, 0.29) is 0 Å². The van der Waals surface area contributed by atoms with Crippen LogP contribution in [0.1, 0.15) is 54.4 Å². The first-order chi connectivity index (χ1) is 9.05. The number of carbonyl (C=O) groups excluding carboxylic acids is 1. The maximum Gasteiger partial charge on any atom is 0.408 e. The summed E-state index contributed by atoms with van der Waals surface area (Å²) < 4.78 is 5.26. The molecule has 0 aliphatic heterocycles. The van der Waals surface area contributed by atoms with Gasteiger partial charge in [0.1, 0.15) is 11.6 Å². The van der Waals surface area contributed by atoms with Crippen LogP contribution in [0.3, 0.4) is 0 Å². The first-order valence-corrected chi connectivity index (χ1v) is 7.02. The van der Waals surface area contributed by atoms with Gasteiger partial charge in [-0.25, -0.2) is 4.79 Å². The summed E-state index contributed by atoms with van der Waals surface area (Å²) in [5, 5.41) is 14.7. The third kappa shape index (κ3) is 6.75. The van der Waals surface area contributed by atoms with Crippen molar-refractivity contribution in [2.45, 2.75) is 71.6 Å². The molecule has 0 heterocycles. The van der Waals surface area contributed by atoms with Crippen LogP contribution < -0.4 is 10.6 Å². The summed E-state index contributed by atoms with van der Waals surface area (Å²) in [4.78, 5) is 22.7. The highest BCUT2D eigenvalue weighted by atomic mass is 16.6. The van der Waals surface area contributed by atoms with E-state index in [2.05, 4.69) is 10.6 Å². The molecule has 118 valence electrons. The Balaban J connectivity index is 4.67. The van der Waals surface area contributed by atoms with Crippen LogP contribution in [0.5, 0.6) is 0 Å². The Morgan fingerprint density at radius 3 is 2.05 bits per heavy atom. The molecule has 6 nitrogen and oxygen atoms in total. The summed E-state index contributed by atoms with van der Waals surface area (Å²) in [5.74, 6) is -0.914. The van der Waals surface area contributed by atoms with Crippen LogP contribution in [0.4, 0.5) is 4.79 Å². The van der Waals surface area contributed by atoms with E-state index in [4.69, 9.17) is 9.84 Å². The van der Waals surface area contributed by atoms with Crippen LogP contribution in [0.15, 0.2) is 0 Å². The molecule has 0 aliphatic carbocycles. The number of rotatable bonds is 7. The van der Waals surface area contributed by atoms with Crippen molar-refractivity contribution in [2.24, 2.45) is 0 Å². The summed E-state index contributed by atoms with van der Waals surface area (Å²) in [6.45, 7) is 11.3. The number of hydrogen-bond donors (Lipinski definition) is 3. The van der Waals surface area contributed by atoms with Gasteiger partial charge in [-0.05, 0) is 40.5 Å². The summed E-state index contributed by atoms with van der Waals surface area (Å²) >= 11 is 0. The van der Waals surface area contributed by atoms with E-state index < -0.39 is 29.2 Å². The van der Waals surface area contributed by atoms with Crippen LogP contribution >= 0.6 is 0 Å². The summed E-state index contributed by atoms with van der Waals surface area (Å²) in [6, 6.07) is -0.659. The fourth-order valence-electron chi connectivity index (χ4n) is 1.68. The largest absolute Gasteiger partial charge is 0.480 e. The van der Waals surface area contributed by atoms with Crippen molar-refractivity contribution in [2.75, 3.05) is 6.54 Å². The summed E-state index contributed by atoms with van der Waals surface area (Å²) in [7, 11) is 0. The second-order valence-electron chi connectivity index (χ2n) is 6.06. The molecule has 6 heteroatoms. The van der Waals surface area contributed by atoms with E-state index in [9.17, 15) is 9.59 Å². The Labute approximate surface area is 121 Å². The highest BCUT2D eigenvalue weighted by Gasteiger charge is 2.31. The van der Waals surface area contributed by atoms with Gasteiger partial charge in [0, 0.05) is 6.54 Å². The van der Waals surface area contributed by atoms with Crippen LogP contribution in [0, 0.1) is 0 Å². The summed E-state index contributed by atoms with van der Waals surface area (Å²) in [5.41, 5.74) is -1.06. The van der Waals surface area contributed by atoms with Crippen molar-refractivity contribution < 1.29 is 19.4 Å². The minimum Gasteiger partial charge on any atom is -0.480 e. The first-order valence-electron chi connectivity index (χ1n) is 7.02. The molecule has 0 aromatic carbocycles. The van der Waals surface area contributed by atoms with Crippen molar-refractivity contribution in [1.29, 1.82) is 0 Å². The van der Waals surface area contributed by atoms with E-state index in [1.807, 2.05) is 13.8 Å². The molecule has 0 spiro atoms. The van der Waals surface area contributed by atoms with E-state index in [1.165, 1.54) is 0 Å². The van der Waals surface area contributed by atoms with Gasteiger partial charge in [-0.1, -0.05) is 13.8 Å². The minimum absolute atomic E-state index is 0.382. The zero-order valence-corrected chi connectivity index (χ0v) is 13.4. The van der Waals surface area contributed by atoms with Crippen LogP contribution in [0.2, 0.25) is 0 Å². The Morgan fingerprint density at radius 2 is 1.70 bits per heavy atom. The average Bonchev–Trinajstić information content (AvgIpc) is 2.31. The molecule has 0 saturated carbocycles. The quantitative estimate of drug-likeness (QED) is 0.668. The van der Waals surface area contributed by atoms with E-state index >= 15 is 0 Å². The highest BCUT2D eigenvalue weighted by Crippen LogP contribution is 2.16. The Morgan fingerprint density at radius 1 is 1.20 bits per heavy atom. The molecule has 0 radical (unpaired) electrons. The molecule has 0 aromatic rings. The van der Waals surface area contributed by atoms with Gasteiger partial charge < -0.3 is 20.5 Å². The smallest absolute Gasteiger partial charge is 0.408 e. The molecule has 0 bridgehead atoms. The predicted molar refractivity (Wildman–Crippen MR) is 77.8 cm³/mol. The third-order valence-electron chi connectivity index (χ3n) is 3.24. The number of carboxylic acid groups (broad SMARTS) is 1. The number of ether oxygens (including phenoxy) is 1. The van der Waals surface area contributed by atoms with Crippen molar-refractivity contribution in [1.82, 2.24) is 10.6 Å². The molecule has 0 aromatic heterocycles. The fraction of sp³-hybridized carbons (Fsp3) is 0.857. The van der Waals surface area contributed by atoms with Crippen LogP contribution in [-0.2, 0) is 9.53 Å². The van der Waals surface area contributed by atoms with Gasteiger partial charge in [-0.3, -0.25) is 4.79 Å². The monoisotopic (exact) mass is 288 g/mol. The van der Waals surface area contributed by atoms with Crippen LogP contribution in [0.25, 0.3) is 0 Å². The highest BCUT2D eigenvalue weighted by molar-refractivity contribution is 5.73. The van der Waals surface area contributed by atoms with Gasteiger partial charge in [0.25, 0.3) is 0 Å². The number of carboxylic acids is 1. The number of aliphatic carboxylic acids is 1. The minimum atomic E-state index is -0.914.